The van der Waals surface area contributed by atoms with Crippen LogP contribution in [0, 0.1) is 17.8 Å². The molecule has 3 rings (SSSR count). The number of aliphatic hydroxyl groups is 1. The van der Waals surface area contributed by atoms with Crippen LogP contribution in [-0.4, -0.2) is 11.2 Å². The third kappa shape index (κ3) is 0.368. The third-order valence-electron chi connectivity index (χ3n) is 3.03. The summed E-state index contributed by atoms with van der Waals surface area (Å²) in [4.78, 5) is 0. The van der Waals surface area contributed by atoms with Crippen LogP contribution in [0.4, 0.5) is 0 Å². The average Bonchev–Trinajstić information content (AvgIpc) is 2.19. The molecule has 0 aliphatic heterocycles. The predicted molar refractivity (Wildman–Crippen MR) is 31.4 cm³/mol. The first-order valence-corrected chi connectivity index (χ1v) is 3.47. The lowest BCUT2D eigenvalue weighted by Crippen LogP contribution is -2.27. The molecule has 2 bridgehead atoms. The second kappa shape index (κ2) is 1.27. The van der Waals surface area contributed by atoms with E-state index in [-0.39, 0.29) is 6.10 Å². The fraction of sp³-hybridized carbons (Fsp3) is 1.00. The standard InChI is InChI=1S/C7H12O/c1-4-5-2-6(4)7(8)3-5/h4-8H,2-3H2,1H3/t4-,5-,6-,7-/m1/s1. The average molecular weight is 112 g/mol. The highest BCUT2D eigenvalue weighted by atomic mass is 16.3. The molecule has 46 valence electrons. The fourth-order valence-electron chi connectivity index (χ4n) is 2.24. The maximum Gasteiger partial charge on any atom is 0.0573 e. The summed E-state index contributed by atoms with van der Waals surface area (Å²) in [5.41, 5.74) is 0. The Morgan fingerprint density at radius 3 is 2.25 bits per heavy atom. The summed E-state index contributed by atoms with van der Waals surface area (Å²) < 4.78 is 0. The van der Waals surface area contributed by atoms with Gasteiger partial charge in [0.2, 0.25) is 0 Å². The van der Waals surface area contributed by atoms with Gasteiger partial charge in [0, 0.05) is 0 Å². The van der Waals surface area contributed by atoms with Gasteiger partial charge in [0.15, 0.2) is 0 Å². The topological polar surface area (TPSA) is 20.2 Å². The first-order chi connectivity index (χ1) is 3.79. The van der Waals surface area contributed by atoms with E-state index in [1.54, 1.807) is 0 Å². The molecule has 3 fully saturated rings. The zero-order chi connectivity index (χ0) is 5.72. The van der Waals surface area contributed by atoms with E-state index in [1.165, 1.54) is 6.42 Å². The Bertz CT molecular complexity index is 107. The number of hydrogen-bond acceptors (Lipinski definition) is 1. The van der Waals surface area contributed by atoms with Crippen molar-refractivity contribution >= 4 is 0 Å². The third-order valence-corrected chi connectivity index (χ3v) is 3.03. The van der Waals surface area contributed by atoms with Crippen molar-refractivity contribution in [2.75, 3.05) is 0 Å². The Kier molecular flexibility index (Phi) is 0.762. The van der Waals surface area contributed by atoms with Gasteiger partial charge in [-0.1, -0.05) is 6.92 Å². The molecule has 0 amide bonds. The monoisotopic (exact) mass is 112 g/mol. The van der Waals surface area contributed by atoms with Gasteiger partial charge in [0.05, 0.1) is 6.10 Å². The molecule has 0 heterocycles. The van der Waals surface area contributed by atoms with Gasteiger partial charge in [-0.3, -0.25) is 0 Å². The molecule has 1 nitrogen and oxygen atoms in total. The molecule has 0 aromatic rings. The van der Waals surface area contributed by atoms with Crippen LogP contribution in [0.3, 0.4) is 0 Å². The number of rotatable bonds is 0. The Morgan fingerprint density at radius 1 is 1.38 bits per heavy atom. The second-order valence-electron chi connectivity index (χ2n) is 3.32. The molecule has 8 heavy (non-hydrogen) atoms. The van der Waals surface area contributed by atoms with Crippen molar-refractivity contribution in [3.63, 3.8) is 0 Å². The minimum Gasteiger partial charge on any atom is -0.393 e. The van der Waals surface area contributed by atoms with Gasteiger partial charge in [-0.25, -0.2) is 0 Å². The van der Waals surface area contributed by atoms with Crippen molar-refractivity contribution in [3.05, 3.63) is 0 Å². The Labute approximate surface area is 49.7 Å². The van der Waals surface area contributed by atoms with Crippen LogP contribution < -0.4 is 0 Å². The molecule has 0 radical (unpaired) electrons. The van der Waals surface area contributed by atoms with E-state index in [1.807, 2.05) is 0 Å². The molecular formula is C7H12O. The summed E-state index contributed by atoms with van der Waals surface area (Å²) in [6.07, 6.45) is 2.46. The molecule has 0 saturated heterocycles. The summed E-state index contributed by atoms with van der Waals surface area (Å²) >= 11 is 0. The van der Waals surface area contributed by atoms with Crippen molar-refractivity contribution in [1.29, 1.82) is 0 Å². The lowest BCUT2D eigenvalue weighted by Gasteiger charge is -2.32. The zero-order valence-corrected chi connectivity index (χ0v) is 5.17. The van der Waals surface area contributed by atoms with Crippen LogP contribution in [0.5, 0.6) is 0 Å². The predicted octanol–water partition coefficient (Wildman–Crippen LogP) is 1.02. The minimum absolute atomic E-state index is 0.0648. The number of hydrogen-bond donors (Lipinski definition) is 1. The molecule has 1 N–H and O–H groups in total. The highest BCUT2D eigenvalue weighted by Crippen LogP contribution is 2.52. The fourth-order valence-corrected chi connectivity index (χ4v) is 2.24. The maximum absolute atomic E-state index is 9.21. The van der Waals surface area contributed by atoms with Gasteiger partial charge in [0.25, 0.3) is 0 Å². The normalized spacial score (nSPS) is 60.8. The first kappa shape index (κ1) is 4.80. The molecule has 0 unspecified atom stereocenters. The van der Waals surface area contributed by atoms with E-state index in [2.05, 4.69) is 6.92 Å². The van der Waals surface area contributed by atoms with Gasteiger partial charge < -0.3 is 5.11 Å². The Hall–Kier alpha value is -0.0400. The Morgan fingerprint density at radius 2 is 2.12 bits per heavy atom. The van der Waals surface area contributed by atoms with E-state index in [9.17, 15) is 5.11 Å². The molecule has 3 aliphatic rings. The van der Waals surface area contributed by atoms with Crippen LogP contribution in [0.2, 0.25) is 0 Å². The van der Waals surface area contributed by atoms with Crippen molar-refractivity contribution in [3.8, 4) is 0 Å². The van der Waals surface area contributed by atoms with Gasteiger partial charge in [-0.2, -0.15) is 0 Å². The lowest BCUT2D eigenvalue weighted by atomic mass is 9.73. The summed E-state index contributed by atoms with van der Waals surface area (Å²) in [5, 5.41) is 9.21. The molecule has 3 aliphatic carbocycles. The van der Waals surface area contributed by atoms with Crippen molar-refractivity contribution in [2.45, 2.75) is 25.9 Å². The SMILES string of the molecule is C[C@@H]1[C@@H]2C[C@H]1[C@H](O)C2. The van der Waals surface area contributed by atoms with Gasteiger partial charge in [-0.15, -0.1) is 0 Å². The molecule has 3 saturated carbocycles. The van der Waals surface area contributed by atoms with Gasteiger partial charge in [0.1, 0.15) is 0 Å². The number of aliphatic hydroxyl groups excluding tert-OH is 1. The van der Waals surface area contributed by atoms with Crippen LogP contribution in [-0.2, 0) is 0 Å². The maximum atomic E-state index is 9.21. The van der Waals surface area contributed by atoms with Crippen LogP contribution in [0.25, 0.3) is 0 Å². The van der Waals surface area contributed by atoms with E-state index < -0.39 is 0 Å². The van der Waals surface area contributed by atoms with Crippen molar-refractivity contribution < 1.29 is 5.11 Å². The molecule has 1 heteroatoms. The van der Waals surface area contributed by atoms with Crippen molar-refractivity contribution in [1.82, 2.24) is 0 Å². The first-order valence-electron chi connectivity index (χ1n) is 3.47. The Balaban J connectivity index is 2.13. The van der Waals surface area contributed by atoms with Gasteiger partial charge in [-0.05, 0) is 30.6 Å². The molecule has 0 spiro atoms. The molecule has 0 aromatic carbocycles. The van der Waals surface area contributed by atoms with Crippen LogP contribution >= 0.6 is 0 Å². The van der Waals surface area contributed by atoms with E-state index in [0.29, 0.717) is 5.92 Å². The summed E-state index contributed by atoms with van der Waals surface area (Å²) in [5.74, 6) is 2.40. The highest BCUT2D eigenvalue weighted by Gasteiger charge is 2.49. The summed E-state index contributed by atoms with van der Waals surface area (Å²) in [6, 6.07) is 0. The summed E-state index contributed by atoms with van der Waals surface area (Å²) in [6.45, 7) is 2.26. The van der Waals surface area contributed by atoms with E-state index in [0.717, 1.165) is 18.3 Å². The van der Waals surface area contributed by atoms with Crippen molar-refractivity contribution in [2.24, 2.45) is 17.8 Å². The quantitative estimate of drug-likeness (QED) is 0.496. The minimum atomic E-state index is 0.0648. The molecule has 0 aromatic heterocycles. The van der Waals surface area contributed by atoms with Crippen LogP contribution in [0.1, 0.15) is 19.8 Å². The van der Waals surface area contributed by atoms with E-state index >= 15 is 0 Å². The molecule has 4 atom stereocenters. The lowest BCUT2D eigenvalue weighted by molar-refractivity contribution is 0.0900. The van der Waals surface area contributed by atoms with Crippen LogP contribution in [0.15, 0.2) is 0 Å². The zero-order valence-electron chi connectivity index (χ0n) is 5.17. The van der Waals surface area contributed by atoms with E-state index in [4.69, 9.17) is 0 Å². The smallest absolute Gasteiger partial charge is 0.0573 e. The van der Waals surface area contributed by atoms with Gasteiger partial charge >= 0.3 is 0 Å². The largest absolute Gasteiger partial charge is 0.393 e. The second-order valence-corrected chi connectivity index (χ2v) is 3.32. The molecular weight excluding hydrogens is 100 g/mol. The number of fused-ring (bicyclic) bond motifs is 1. The summed E-state index contributed by atoms with van der Waals surface area (Å²) in [7, 11) is 0. The highest BCUT2D eigenvalue weighted by molar-refractivity contribution is 4.99.